The fourth-order valence-electron chi connectivity index (χ4n) is 16.2. The lowest BCUT2D eigenvalue weighted by molar-refractivity contribution is -0.136. The number of aromatic amines is 1. The topological polar surface area (TPSA) is 214 Å². The van der Waals surface area contributed by atoms with Crippen LogP contribution in [0.3, 0.4) is 0 Å². The molecule has 540 valence electrons. The largest absolute Gasteiger partial charge is 0.447 e. The monoisotopic (exact) mass is 1400 g/mol. The van der Waals surface area contributed by atoms with E-state index in [0.29, 0.717) is 31.3 Å². The van der Waals surface area contributed by atoms with E-state index >= 15 is 0 Å². The second-order valence-corrected chi connectivity index (χ2v) is 29.2. The van der Waals surface area contributed by atoms with Crippen LogP contribution in [0.25, 0.3) is 0 Å². The highest BCUT2D eigenvalue weighted by molar-refractivity contribution is 6.11. The molecule has 3 aromatic carbocycles. The number of amides is 6. The van der Waals surface area contributed by atoms with Gasteiger partial charge in [-0.3, -0.25) is 14.4 Å². The summed E-state index contributed by atoms with van der Waals surface area (Å²) in [6.45, 7) is 13.7. The number of aryl methyl sites for hydroxylation is 4. The second kappa shape index (κ2) is 27.8. The van der Waals surface area contributed by atoms with Crippen molar-refractivity contribution in [2.24, 2.45) is 0 Å². The zero-order valence-corrected chi connectivity index (χ0v) is 58.1. The number of hydrogen-bond donors (Lipinski definition) is 1. The van der Waals surface area contributed by atoms with Crippen LogP contribution in [0.2, 0.25) is 0 Å². The molecule has 6 amide bonds. The van der Waals surface area contributed by atoms with E-state index in [1.54, 1.807) is 42.4 Å². The number of carbonyl (C=O) groups is 6. The Morgan fingerprint density at radius 2 is 0.782 bits per heavy atom. The van der Waals surface area contributed by atoms with Crippen LogP contribution in [0.1, 0.15) is 174 Å². The van der Waals surface area contributed by atoms with Gasteiger partial charge in [0, 0.05) is 99.3 Å². The summed E-state index contributed by atoms with van der Waals surface area (Å²) in [6.07, 6.45) is -0.525. The first-order chi connectivity index (χ1) is 48.2. The van der Waals surface area contributed by atoms with E-state index in [4.69, 9.17) is 29.2 Å². The van der Waals surface area contributed by atoms with Gasteiger partial charge in [0.25, 0.3) is 0 Å². The number of likely N-dealkylation sites (tertiary alicyclic amines) is 3. The third-order valence-electron chi connectivity index (χ3n) is 20.9. The van der Waals surface area contributed by atoms with Crippen molar-refractivity contribution < 1.29 is 69.3 Å². The summed E-state index contributed by atoms with van der Waals surface area (Å²) < 4.78 is 96.8. The van der Waals surface area contributed by atoms with E-state index in [9.17, 15) is 55.1 Å². The van der Waals surface area contributed by atoms with Crippen molar-refractivity contribution in [3.05, 3.63) is 141 Å². The van der Waals surface area contributed by atoms with Crippen molar-refractivity contribution in [1.29, 1.82) is 0 Å². The molecule has 0 atom stereocenters. The first kappa shape index (κ1) is 70.5. The molecule has 9 aliphatic rings. The number of nitrogens with zero attached hydrogens (tertiary/aromatic N) is 11. The van der Waals surface area contributed by atoms with E-state index in [2.05, 4.69) is 4.98 Å². The lowest BCUT2D eigenvalue weighted by Crippen LogP contribution is -2.65. The van der Waals surface area contributed by atoms with Crippen LogP contribution in [0.15, 0.2) is 72.8 Å². The highest BCUT2D eigenvalue weighted by Crippen LogP contribution is 2.51. The molecular formula is C74H88F6N12O9. The summed E-state index contributed by atoms with van der Waals surface area (Å²) in [7, 11) is 0. The molecule has 0 unspecified atom stereocenters. The van der Waals surface area contributed by atoms with E-state index < -0.39 is 53.6 Å². The third-order valence-corrected chi connectivity index (χ3v) is 20.9. The molecule has 21 nitrogen and oxygen atoms in total. The molecule has 15 rings (SSSR count). The quantitative estimate of drug-likeness (QED) is 0.0751. The van der Waals surface area contributed by atoms with Crippen LogP contribution in [0.5, 0.6) is 0 Å². The zero-order chi connectivity index (χ0) is 71.5. The van der Waals surface area contributed by atoms with Crippen molar-refractivity contribution in [1.82, 2.24) is 43.8 Å². The first-order valence-corrected chi connectivity index (χ1v) is 35.6. The standard InChI is InChI=1S/2C26H31F3N4O3.C22H26N4O3/c2*1-17(2)36-24(35)31-15-25(16-31)18-8-3-5-10-20(18)33(23(25)34)14-22-30-19-9-4-6-11-21(19)32(22)13-7-12-26(27,28)29;1-14(2)29-21(28)25-12-22(13-25)15-7-3-6-10-18(15)26(20(22)27)11-19-23-16-8-4-5-9-17(16)24-19/h2*3,5,8,10,17H,4,6-7,9,11-16H2,1-2H3;3,6-7,10,14H,4-5,8-9,11-13H2,1-2H3,(H,23,24). The number of carbonyl (C=O) groups excluding carboxylic acids is 6. The number of alkyl halides is 6. The average molecular weight is 1400 g/mol. The van der Waals surface area contributed by atoms with Crippen LogP contribution in [-0.2, 0) is 116 Å². The van der Waals surface area contributed by atoms with Gasteiger partial charge >= 0.3 is 30.6 Å². The number of hydrogen-bond acceptors (Lipinski definition) is 12. The molecule has 6 aliphatic heterocycles. The molecule has 3 aromatic heterocycles. The van der Waals surface area contributed by atoms with Crippen molar-refractivity contribution in [2.45, 2.75) is 224 Å². The van der Waals surface area contributed by atoms with Crippen LogP contribution in [0.4, 0.5) is 57.8 Å². The van der Waals surface area contributed by atoms with Gasteiger partial charge in [0.05, 0.1) is 55.0 Å². The van der Waals surface area contributed by atoms with Crippen molar-refractivity contribution >= 4 is 53.1 Å². The molecule has 6 aromatic rings. The SMILES string of the molecule is CC(C)OC(=O)N1CC2(C1)C(=O)N(Cc1nc3c([nH]1)CCCC3)c1ccccc12.CC(C)OC(=O)N1CC2(C1)C(=O)N(Cc1nc3c(n1CCCC(F)(F)F)CCCC3)c1ccccc12.CC(C)OC(=O)N1CC2(C1)C(=O)N(Cc1nc3c(n1CCCC(F)(F)F)CCCC3)c1ccccc12. The molecule has 1 N–H and O–H groups in total. The number of imidazole rings is 3. The van der Waals surface area contributed by atoms with Crippen molar-refractivity contribution in [3.63, 3.8) is 0 Å². The molecule has 0 saturated carbocycles. The second-order valence-electron chi connectivity index (χ2n) is 29.2. The lowest BCUT2D eigenvalue weighted by atomic mass is 9.75. The maximum Gasteiger partial charge on any atom is 0.410 e. The van der Waals surface area contributed by atoms with Gasteiger partial charge in [-0.25, -0.2) is 29.3 Å². The van der Waals surface area contributed by atoms with Gasteiger partial charge in [-0.1, -0.05) is 54.6 Å². The maximum atomic E-state index is 13.8. The highest BCUT2D eigenvalue weighted by Gasteiger charge is 2.62. The molecule has 0 bridgehead atoms. The molecule has 3 aliphatic carbocycles. The Bertz CT molecular complexity index is 3930. The van der Waals surface area contributed by atoms with Gasteiger partial charge in [0.1, 0.15) is 33.7 Å². The Balaban J connectivity index is 0.000000136. The number of anilines is 3. The molecule has 3 fully saturated rings. The lowest BCUT2D eigenvalue weighted by Gasteiger charge is -2.46. The normalized spacial score (nSPS) is 18.7. The molecule has 27 heteroatoms. The van der Waals surface area contributed by atoms with Crippen LogP contribution >= 0.6 is 0 Å². The van der Waals surface area contributed by atoms with Gasteiger partial charge in [0.15, 0.2) is 0 Å². The summed E-state index contributed by atoms with van der Waals surface area (Å²) in [5.41, 5.74) is 9.07. The van der Waals surface area contributed by atoms with Gasteiger partial charge in [-0.05, 0) is 166 Å². The molecule has 101 heavy (non-hydrogen) atoms. The first-order valence-electron chi connectivity index (χ1n) is 35.6. The minimum Gasteiger partial charge on any atom is -0.447 e. The Morgan fingerprint density at radius 1 is 0.455 bits per heavy atom. The van der Waals surface area contributed by atoms with E-state index in [-0.39, 0.29) is 107 Å². The number of para-hydroxylation sites is 3. The number of fused-ring (bicyclic) bond motifs is 9. The van der Waals surface area contributed by atoms with Gasteiger partial charge in [-0.2, -0.15) is 26.3 Å². The molecular weight excluding hydrogens is 1310 g/mol. The van der Waals surface area contributed by atoms with Crippen LogP contribution < -0.4 is 14.7 Å². The Labute approximate surface area is 582 Å². The summed E-state index contributed by atoms with van der Waals surface area (Å²) in [6, 6.07) is 23.0. The number of H-pyrrole nitrogens is 1. The van der Waals surface area contributed by atoms with Crippen LogP contribution in [0, 0.1) is 0 Å². The Kier molecular flexibility index (Phi) is 19.4. The summed E-state index contributed by atoms with van der Waals surface area (Å²) >= 11 is 0. The van der Waals surface area contributed by atoms with Crippen molar-refractivity contribution in [2.75, 3.05) is 54.0 Å². The third kappa shape index (κ3) is 13.8. The minimum absolute atomic E-state index is 0.0271. The molecule has 3 spiro atoms. The number of benzene rings is 3. The molecule has 3 saturated heterocycles. The number of ether oxygens (including phenoxy) is 3. The van der Waals surface area contributed by atoms with Gasteiger partial charge < -0.3 is 57.7 Å². The fourth-order valence-corrected chi connectivity index (χ4v) is 16.2. The number of nitrogens with one attached hydrogen (secondary N) is 1. The predicted octanol–water partition coefficient (Wildman–Crippen LogP) is 12.4. The predicted molar refractivity (Wildman–Crippen MR) is 361 cm³/mol. The van der Waals surface area contributed by atoms with E-state index in [0.717, 1.165) is 132 Å². The van der Waals surface area contributed by atoms with Gasteiger partial charge in [-0.15, -0.1) is 0 Å². The zero-order valence-electron chi connectivity index (χ0n) is 58.1. The Morgan fingerprint density at radius 3 is 1.13 bits per heavy atom. The number of aromatic nitrogens is 6. The van der Waals surface area contributed by atoms with E-state index in [1.165, 1.54) is 28.3 Å². The molecule has 0 radical (unpaired) electrons. The smallest absolute Gasteiger partial charge is 0.410 e. The minimum atomic E-state index is -4.20. The summed E-state index contributed by atoms with van der Waals surface area (Å²) in [4.78, 5) is 106. The highest BCUT2D eigenvalue weighted by atomic mass is 19.4. The van der Waals surface area contributed by atoms with Crippen molar-refractivity contribution in [3.8, 4) is 0 Å². The maximum absolute atomic E-state index is 13.8. The van der Waals surface area contributed by atoms with Crippen LogP contribution in [-0.4, -0.2) is 150 Å². The summed E-state index contributed by atoms with van der Waals surface area (Å²) in [5.74, 6) is 1.91. The average Bonchev–Trinajstić information content (AvgIpc) is 1.58. The number of halogens is 6. The summed E-state index contributed by atoms with van der Waals surface area (Å²) in [5, 5.41) is 0. The fraction of sp³-hybridized carbons (Fsp3) is 0.554. The molecule has 9 heterocycles. The Hall–Kier alpha value is -8.91. The number of rotatable bonds is 15. The van der Waals surface area contributed by atoms with E-state index in [1.807, 2.05) is 101 Å². The van der Waals surface area contributed by atoms with Gasteiger partial charge in [0.2, 0.25) is 17.7 Å².